The van der Waals surface area contributed by atoms with Crippen molar-refractivity contribution in [3.8, 4) is 0 Å². The number of hydrogen-bond donors (Lipinski definition) is 13. The van der Waals surface area contributed by atoms with Crippen molar-refractivity contribution in [3.63, 3.8) is 0 Å². The van der Waals surface area contributed by atoms with Crippen molar-refractivity contribution in [2.75, 3.05) is 59.5 Å². The molecule has 42 heavy (non-hydrogen) atoms. The molecule has 0 bridgehead atoms. The van der Waals surface area contributed by atoms with Crippen LogP contribution in [0.4, 0.5) is 0 Å². The van der Waals surface area contributed by atoms with Crippen molar-refractivity contribution in [2.45, 2.75) is 24.4 Å². The van der Waals surface area contributed by atoms with E-state index in [1.54, 1.807) is 0 Å². The molecule has 0 rings (SSSR count). The summed E-state index contributed by atoms with van der Waals surface area (Å²) in [6, 6.07) is 0. The smallest absolute Gasteiger partial charge is 0.469 e. The van der Waals surface area contributed by atoms with Crippen molar-refractivity contribution in [3.05, 3.63) is 14.9 Å². The van der Waals surface area contributed by atoms with Crippen LogP contribution in [-0.2, 0) is 36.4 Å². The van der Waals surface area contributed by atoms with Gasteiger partial charge < -0.3 is 88.7 Å². The summed E-state index contributed by atoms with van der Waals surface area (Å²) in [5.41, 5.74) is 0. The average Bonchev–Trinajstić information content (AvgIpc) is 2.82. The zero-order chi connectivity index (χ0) is 32.8. The molecule has 4 unspecified atom stereocenters. The van der Waals surface area contributed by atoms with E-state index in [9.17, 15) is 28.0 Å². The Morgan fingerprint density at radius 1 is 0.524 bits per heavy atom. The van der Waals surface area contributed by atoms with Crippen LogP contribution in [0, 0.1) is 14.9 Å². The van der Waals surface area contributed by atoms with E-state index in [0.717, 1.165) is 6.66 Å². The molecule has 0 aromatic rings. The highest BCUT2D eigenvalue weighted by atomic mass is 31.2. The lowest BCUT2D eigenvalue weighted by atomic mass is 10.4. The van der Waals surface area contributed by atoms with E-state index in [2.05, 4.69) is 18.1 Å². The van der Waals surface area contributed by atoms with Crippen LogP contribution < -0.4 is 9.79 Å². The monoisotopic (exact) mass is 714 g/mol. The van der Waals surface area contributed by atoms with Crippen LogP contribution in [0.3, 0.4) is 0 Å². The average molecular weight is 714 g/mol. The van der Waals surface area contributed by atoms with Crippen LogP contribution in [-0.4, -0.2) is 149 Å². The quantitative estimate of drug-likeness (QED) is 0.0523. The molecule has 0 aromatic heterocycles. The third-order valence-corrected chi connectivity index (χ3v) is 4.71. The first-order valence-electron chi connectivity index (χ1n) is 9.99. The SMILES string of the molecule is CP(=O)([O-])OC[C@@H](O)CO.O=P(O)(O)OCC(O)CO.O=P(O)(O)OC[C@@H](O)CO.O=P([O-])(O)OCC(O)CO.[CH3+].[CH3+]. The highest BCUT2D eigenvalue weighted by Crippen LogP contribution is 2.36. The van der Waals surface area contributed by atoms with Gasteiger partial charge in [-0.25, -0.2) is 9.13 Å². The first kappa shape index (κ1) is 54.4. The predicted octanol–water partition coefficient (Wildman–Crippen LogP) is -5.85. The van der Waals surface area contributed by atoms with Gasteiger partial charge in [-0.1, -0.05) is 0 Å². The lowest BCUT2D eigenvalue weighted by Crippen LogP contribution is -2.20. The topological polar surface area (TPSA) is 414 Å². The zero-order valence-electron chi connectivity index (χ0n) is 22.7. The maximum atomic E-state index is 10.3. The third kappa shape index (κ3) is 59.3. The van der Waals surface area contributed by atoms with Gasteiger partial charge in [0.15, 0.2) is 0 Å². The van der Waals surface area contributed by atoms with Crippen molar-refractivity contribution in [1.82, 2.24) is 0 Å². The second kappa shape index (κ2) is 28.4. The van der Waals surface area contributed by atoms with Crippen LogP contribution >= 0.6 is 31.1 Å². The van der Waals surface area contributed by atoms with Crippen LogP contribution in [0.5, 0.6) is 0 Å². The van der Waals surface area contributed by atoms with Crippen LogP contribution in [0.2, 0.25) is 0 Å². The highest BCUT2D eigenvalue weighted by Gasteiger charge is 2.16. The normalized spacial score (nSPS) is 16.8. The summed E-state index contributed by atoms with van der Waals surface area (Å²) in [5, 5.41) is 66.7. The van der Waals surface area contributed by atoms with E-state index in [1.165, 1.54) is 0 Å². The van der Waals surface area contributed by atoms with Gasteiger partial charge >= 0.3 is 15.6 Å². The fourth-order valence-electron chi connectivity index (χ4n) is 0.979. The first-order valence-corrected chi connectivity index (χ1v) is 16.5. The van der Waals surface area contributed by atoms with E-state index < -0.39 is 102 Å². The molecule has 0 aliphatic rings. The Kier molecular flexibility index (Phi) is 36.7. The van der Waals surface area contributed by atoms with Gasteiger partial charge in [0.25, 0.3) is 7.82 Å². The van der Waals surface area contributed by atoms with Gasteiger partial charge in [0, 0.05) is 21.5 Å². The lowest BCUT2D eigenvalue weighted by Gasteiger charge is -2.18. The maximum Gasteiger partial charge on any atom is 0.469 e. The largest absolute Gasteiger partial charge is 0.779 e. The molecular weight excluding hydrogens is 672 g/mol. The summed E-state index contributed by atoms with van der Waals surface area (Å²) in [6.45, 7) is -3.53. The molecule has 0 fully saturated rings. The van der Waals surface area contributed by atoms with Gasteiger partial charge in [0.1, 0.15) is 32.0 Å². The van der Waals surface area contributed by atoms with Gasteiger partial charge in [0.05, 0.1) is 52.9 Å². The Labute approximate surface area is 241 Å². The highest BCUT2D eigenvalue weighted by molar-refractivity contribution is 7.50. The lowest BCUT2D eigenvalue weighted by molar-refractivity contribution is -0.222. The van der Waals surface area contributed by atoms with E-state index in [-0.39, 0.29) is 21.5 Å². The van der Waals surface area contributed by atoms with Gasteiger partial charge in [0.2, 0.25) is 0 Å². The molecule has 0 saturated heterocycles. The molecule has 0 aromatic carbocycles. The molecule has 23 nitrogen and oxygen atoms in total. The number of phosphoric acid groups is 3. The molecule has 0 aliphatic carbocycles. The summed E-state index contributed by atoms with van der Waals surface area (Å²) in [6.07, 6.45) is -4.89. The minimum atomic E-state index is -4.75. The molecular formula is C15H42O23P4. The molecule has 13 N–H and O–H groups in total. The molecule has 0 radical (unpaired) electrons. The number of aliphatic hydroxyl groups excluding tert-OH is 8. The Morgan fingerprint density at radius 3 is 0.905 bits per heavy atom. The zero-order valence-corrected chi connectivity index (χ0v) is 26.2. The second-order valence-corrected chi connectivity index (χ2v) is 12.2. The molecule has 6 atom stereocenters. The summed E-state index contributed by atoms with van der Waals surface area (Å²) < 4.78 is 55.5. The molecule has 0 spiro atoms. The van der Waals surface area contributed by atoms with Crippen molar-refractivity contribution < 1.29 is 111 Å². The Morgan fingerprint density at radius 2 is 0.738 bits per heavy atom. The fraction of sp³-hybridized carbons (Fsp3) is 0.867. The van der Waals surface area contributed by atoms with Crippen molar-refractivity contribution >= 4 is 31.1 Å². The molecule has 27 heteroatoms. The summed E-state index contributed by atoms with van der Waals surface area (Å²) >= 11 is 0. The number of phosphoric ester groups is 3. The second-order valence-electron chi connectivity index (χ2n) is 6.75. The summed E-state index contributed by atoms with van der Waals surface area (Å²) in [4.78, 5) is 60.3. The number of rotatable bonds is 16. The van der Waals surface area contributed by atoms with Gasteiger partial charge in [-0.05, 0) is 0 Å². The summed E-state index contributed by atoms with van der Waals surface area (Å²) in [7, 11) is -17.5. The van der Waals surface area contributed by atoms with E-state index in [4.69, 9.17) is 65.3 Å². The standard InChI is InChI=1S/C4H11O5P.3C3H9O6P.2CH3/c1-10(7,8)9-3-4(6)2-5;3*4-1-3(5)2-9-10(6,7)8;;/h4-6H,2-3H2,1H3,(H,7,8);3*3-5H,1-2H2,(H2,6,7,8);2*1H3/q;;;;2*+1/p-2/t4-;3-;;;;/m00..../s1. The minimum absolute atomic E-state index is 0. The predicted molar refractivity (Wildman–Crippen MR) is 136 cm³/mol. The van der Waals surface area contributed by atoms with Crippen LogP contribution in [0.25, 0.3) is 0 Å². The van der Waals surface area contributed by atoms with E-state index in [1.807, 2.05) is 0 Å². The van der Waals surface area contributed by atoms with Gasteiger partial charge in [-0.2, -0.15) is 0 Å². The molecule has 0 saturated carbocycles. The first-order chi connectivity index (χ1) is 17.8. The van der Waals surface area contributed by atoms with Crippen LogP contribution in [0.1, 0.15) is 0 Å². The molecule has 0 amide bonds. The minimum Gasteiger partial charge on any atom is -0.779 e. The molecule has 0 heterocycles. The summed E-state index contributed by atoms with van der Waals surface area (Å²) in [5.74, 6) is 0. The van der Waals surface area contributed by atoms with Gasteiger partial charge in [-0.15, -0.1) is 0 Å². The van der Waals surface area contributed by atoms with E-state index >= 15 is 0 Å². The van der Waals surface area contributed by atoms with Gasteiger partial charge in [-0.3, -0.25) is 13.6 Å². The Bertz CT molecular complexity index is 648. The van der Waals surface area contributed by atoms with Crippen LogP contribution in [0.15, 0.2) is 0 Å². The molecule has 0 aliphatic heterocycles. The Hall–Kier alpha value is -0.100. The maximum absolute atomic E-state index is 10.3. The third-order valence-electron chi connectivity index (χ3n) is 2.64. The Balaban J connectivity index is -0.000000101. The molecule has 260 valence electrons. The van der Waals surface area contributed by atoms with Crippen molar-refractivity contribution in [2.24, 2.45) is 0 Å². The van der Waals surface area contributed by atoms with E-state index in [0.29, 0.717) is 0 Å². The fourth-order valence-corrected chi connectivity index (χ4v) is 2.51. The van der Waals surface area contributed by atoms with Crippen molar-refractivity contribution in [1.29, 1.82) is 0 Å². The number of hydrogen-bond acceptors (Lipinski definition) is 18. The number of aliphatic hydroxyl groups is 8.